The molecule has 0 saturated heterocycles. The van der Waals surface area contributed by atoms with E-state index in [9.17, 15) is 14.4 Å². The van der Waals surface area contributed by atoms with Gasteiger partial charge in [-0.05, 0) is 12.8 Å². The molecule has 0 spiro atoms. The Labute approximate surface area is 113 Å². The van der Waals surface area contributed by atoms with Gasteiger partial charge in [0.05, 0.1) is 6.42 Å². The van der Waals surface area contributed by atoms with E-state index >= 15 is 0 Å². The quantitative estimate of drug-likeness (QED) is 0.593. The highest BCUT2D eigenvalue weighted by Gasteiger charge is 2.24. The summed E-state index contributed by atoms with van der Waals surface area (Å²) in [4.78, 5) is 35.1. The lowest BCUT2D eigenvalue weighted by Gasteiger charge is -2.26. The number of hydrogen-bond acceptors (Lipinski definition) is 3. The van der Waals surface area contributed by atoms with E-state index in [2.05, 4.69) is 5.32 Å². The fourth-order valence-corrected chi connectivity index (χ4v) is 1.50. The fourth-order valence-electron chi connectivity index (χ4n) is 1.50. The Morgan fingerprint density at radius 3 is 2.26 bits per heavy atom. The standard InChI is InChI=1S/C12H23N3O4/c1-4-8(3)7-15(5-2)12(19)14-9(11(17)18)6-10(13)16/h8-9H,4-7H2,1-3H3,(H2,13,16)(H,14,19)(H,17,18). The van der Waals surface area contributed by atoms with E-state index in [1.165, 1.54) is 4.90 Å². The second-order valence-electron chi connectivity index (χ2n) is 4.56. The van der Waals surface area contributed by atoms with Crippen molar-refractivity contribution in [3.63, 3.8) is 0 Å². The predicted octanol–water partition coefficient (Wildman–Crippen LogP) is 0.393. The van der Waals surface area contributed by atoms with Crippen LogP contribution in [0.15, 0.2) is 0 Å². The maximum Gasteiger partial charge on any atom is 0.326 e. The van der Waals surface area contributed by atoms with Gasteiger partial charge in [-0.2, -0.15) is 0 Å². The van der Waals surface area contributed by atoms with Gasteiger partial charge >= 0.3 is 12.0 Å². The number of carbonyl (C=O) groups is 3. The first-order valence-corrected chi connectivity index (χ1v) is 6.38. The van der Waals surface area contributed by atoms with Crippen molar-refractivity contribution in [3.8, 4) is 0 Å². The number of nitrogens with two attached hydrogens (primary N) is 1. The molecule has 0 aromatic heterocycles. The Balaban J connectivity index is 4.59. The average Bonchev–Trinajstić information content (AvgIpc) is 2.33. The van der Waals surface area contributed by atoms with Gasteiger partial charge in [0.2, 0.25) is 5.91 Å². The molecule has 0 aliphatic heterocycles. The lowest BCUT2D eigenvalue weighted by molar-refractivity contribution is -0.140. The zero-order valence-electron chi connectivity index (χ0n) is 11.7. The molecule has 19 heavy (non-hydrogen) atoms. The van der Waals surface area contributed by atoms with Crippen LogP contribution in [0.1, 0.15) is 33.6 Å². The van der Waals surface area contributed by atoms with Crippen LogP contribution >= 0.6 is 0 Å². The van der Waals surface area contributed by atoms with E-state index < -0.39 is 30.4 Å². The molecule has 0 radical (unpaired) electrons. The number of carboxylic acids is 1. The van der Waals surface area contributed by atoms with Crippen molar-refractivity contribution in [2.75, 3.05) is 13.1 Å². The van der Waals surface area contributed by atoms with Crippen molar-refractivity contribution < 1.29 is 19.5 Å². The molecule has 0 heterocycles. The number of hydrogen-bond donors (Lipinski definition) is 3. The molecule has 0 saturated carbocycles. The second-order valence-corrected chi connectivity index (χ2v) is 4.56. The minimum atomic E-state index is -1.28. The fraction of sp³-hybridized carbons (Fsp3) is 0.750. The first-order valence-electron chi connectivity index (χ1n) is 6.38. The van der Waals surface area contributed by atoms with Crippen LogP contribution in [-0.4, -0.2) is 47.0 Å². The van der Waals surface area contributed by atoms with Crippen molar-refractivity contribution in [3.05, 3.63) is 0 Å². The molecular formula is C12H23N3O4. The first-order chi connectivity index (χ1) is 8.81. The summed E-state index contributed by atoms with van der Waals surface area (Å²) < 4.78 is 0. The molecule has 0 aliphatic rings. The molecule has 0 aromatic carbocycles. The second kappa shape index (κ2) is 8.34. The van der Waals surface area contributed by atoms with Gasteiger partial charge in [0.15, 0.2) is 0 Å². The number of carbonyl (C=O) groups excluding carboxylic acids is 2. The molecule has 4 N–H and O–H groups in total. The van der Waals surface area contributed by atoms with Gasteiger partial charge in [0, 0.05) is 13.1 Å². The zero-order valence-corrected chi connectivity index (χ0v) is 11.7. The van der Waals surface area contributed by atoms with Crippen LogP contribution in [0.2, 0.25) is 0 Å². The maximum absolute atomic E-state index is 11.9. The molecule has 2 unspecified atom stereocenters. The molecule has 7 nitrogen and oxygen atoms in total. The monoisotopic (exact) mass is 273 g/mol. The zero-order chi connectivity index (χ0) is 15.0. The van der Waals surface area contributed by atoms with Gasteiger partial charge < -0.3 is 21.1 Å². The van der Waals surface area contributed by atoms with Crippen molar-refractivity contribution >= 4 is 17.9 Å². The third-order valence-corrected chi connectivity index (χ3v) is 2.90. The van der Waals surface area contributed by atoms with Crippen LogP contribution in [0.3, 0.4) is 0 Å². The Kier molecular flexibility index (Phi) is 7.55. The molecule has 110 valence electrons. The molecule has 0 rings (SSSR count). The van der Waals surface area contributed by atoms with Gasteiger partial charge in [-0.25, -0.2) is 9.59 Å². The van der Waals surface area contributed by atoms with Crippen LogP contribution < -0.4 is 11.1 Å². The van der Waals surface area contributed by atoms with E-state index in [4.69, 9.17) is 10.8 Å². The summed E-state index contributed by atoms with van der Waals surface area (Å²) in [7, 11) is 0. The normalized spacial score (nSPS) is 13.4. The molecule has 0 aromatic rings. The summed E-state index contributed by atoms with van der Waals surface area (Å²) in [5.41, 5.74) is 4.95. The number of rotatable bonds is 8. The van der Waals surface area contributed by atoms with Crippen LogP contribution in [0, 0.1) is 5.92 Å². The Morgan fingerprint density at radius 2 is 1.89 bits per heavy atom. The summed E-state index contributed by atoms with van der Waals surface area (Å²) in [5, 5.41) is 11.2. The highest BCUT2D eigenvalue weighted by atomic mass is 16.4. The first kappa shape index (κ1) is 17.2. The predicted molar refractivity (Wildman–Crippen MR) is 70.5 cm³/mol. The number of urea groups is 1. The largest absolute Gasteiger partial charge is 0.480 e. The van der Waals surface area contributed by atoms with E-state index in [0.29, 0.717) is 19.0 Å². The van der Waals surface area contributed by atoms with Crippen LogP contribution in [-0.2, 0) is 9.59 Å². The molecular weight excluding hydrogens is 250 g/mol. The summed E-state index contributed by atoms with van der Waals surface area (Å²) in [6.45, 7) is 6.85. The van der Waals surface area contributed by atoms with Crippen LogP contribution in [0.5, 0.6) is 0 Å². The Bertz CT molecular complexity index is 333. The number of nitrogens with zero attached hydrogens (tertiary/aromatic N) is 1. The van der Waals surface area contributed by atoms with Crippen molar-refractivity contribution in [2.45, 2.75) is 39.7 Å². The number of amides is 3. The van der Waals surface area contributed by atoms with Gasteiger partial charge in [0.25, 0.3) is 0 Å². The van der Waals surface area contributed by atoms with E-state index in [1.807, 2.05) is 20.8 Å². The maximum atomic E-state index is 11.9. The Hall–Kier alpha value is -1.79. The number of carboxylic acid groups (broad SMARTS) is 1. The summed E-state index contributed by atoms with van der Waals surface area (Å²) >= 11 is 0. The average molecular weight is 273 g/mol. The van der Waals surface area contributed by atoms with Crippen molar-refractivity contribution in [1.29, 1.82) is 0 Å². The van der Waals surface area contributed by atoms with Gasteiger partial charge in [-0.15, -0.1) is 0 Å². The van der Waals surface area contributed by atoms with Crippen LogP contribution in [0.4, 0.5) is 4.79 Å². The lowest BCUT2D eigenvalue weighted by atomic mass is 10.1. The lowest BCUT2D eigenvalue weighted by Crippen LogP contribution is -2.50. The number of nitrogens with one attached hydrogen (secondary N) is 1. The number of aliphatic carboxylic acids is 1. The Morgan fingerprint density at radius 1 is 1.32 bits per heavy atom. The highest BCUT2D eigenvalue weighted by Crippen LogP contribution is 2.05. The molecule has 0 fully saturated rings. The molecule has 3 amide bonds. The summed E-state index contributed by atoms with van der Waals surface area (Å²) in [6, 6.07) is -1.77. The van der Waals surface area contributed by atoms with E-state index in [0.717, 1.165) is 6.42 Å². The van der Waals surface area contributed by atoms with Gasteiger partial charge in [-0.3, -0.25) is 4.79 Å². The molecule has 0 aliphatic carbocycles. The van der Waals surface area contributed by atoms with Gasteiger partial charge in [-0.1, -0.05) is 20.3 Å². The smallest absolute Gasteiger partial charge is 0.326 e. The highest BCUT2D eigenvalue weighted by molar-refractivity contribution is 5.87. The summed E-state index contributed by atoms with van der Waals surface area (Å²) in [6.07, 6.45) is 0.509. The summed E-state index contributed by atoms with van der Waals surface area (Å²) in [5.74, 6) is -1.71. The topological polar surface area (TPSA) is 113 Å². The van der Waals surface area contributed by atoms with Crippen molar-refractivity contribution in [1.82, 2.24) is 10.2 Å². The molecule has 7 heteroatoms. The minimum Gasteiger partial charge on any atom is -0.480 e. The van der Waals surface area contributed by atoms with E-state index in [-0.39, 0.29) is 0 Å². The molecule has 0 bridgehead atoms. The number of primary amides is 1. The minimum absolute atomic E-state index is 0.324. The molecule has 2 atom stereocenters. The van der Waals surface area contributed by atoms with E-state index in [1.54, 1.807) is 0 Å². The SMILES string of the molecule is CCC(C)CN(CC)C(=O)NC(CC(N)=O)C(=O)O. The van der Waals surface area contributed by atoms with Gasteiger partial charge in [0.1, 0.15) is 6.04 Å². The third-order valence-electron chi connectivity index (χ3n) is 2.90. The van der Waals surface area contributed by atoms with Crippen LogP contribution in [0.25, 0.3) is 0 Å². The van der Waals surface area contributed by atoms with Crippen molar-refractivity contribution in [2.24, 2.45) is 11.7 Å². The third kappa shape index (κ3) is 6.64.